The standard InChI is InChI=1S/C17H15ClN2O4/c18-15-7-3-13(11-16(15)20(23)24)4-8-17(22)19-14-5-1-12(2-6-14)9-10-21/h1-8,11,21H,9-10H2,(H,19,22). The number of nitro benzene ring substituents is 1. The van der Waals surface area contributed by atoms with Crippen LogP contribution < -0.4 is 5.32 Å². The summed E-state index contributed by atoms with van der Waals surface area (Å²) < 4.78 is 0. The highest BCUT2D eigenvalue weighted by molar-refractivity contribution is 6.32. The van der Waals surface area contributed by atoms with Gasteiger partial charge in [0, 0.05) is 24.4 Å². The van der Waals surface area contributed by atoms with E-state index >= 15 is 0 Å². The first-order chi connectivity index (χ1) is 11.5. The fourth-order valence-electron chi connectivity index (χ4n) is 2.01. The third-order valence-electron chi connectivity index (χ3n) is 3.22. The molecule has 0 spiro atoms. The normalized spacial score (nSPS) is 10.8. The molecule has 0 aromatic heterocycles. The van der Waals surface area contributed by atoms with Crippen LogP contribution in [0.3, 0.4) is 0 Å². The summed E-state index contributed by atoms with van der Waals surface area (Å²) in [4.78, 5) is 22.1. The van der Waals surface area contributed by atoms with Crippen molar-refractivity contribution < 1.29 is 14.8 Å². The van der Waals surface area contributed by atoms with E-state index in [2.05, 4.69) is 5.32 Å². The number of anilines is 1. The van der Waals surface area contributed by atoms with E-state index in [1.165, 1.54) is 24.3 Å². The van der Waals surface area contributed by atoms with Crippen molar-refractivity contribution in [3.8, 4) is 0 Å². The molecule has 2 aromatic carbocycles. The van der Waals surface area contributed by atoms with Gasteiger partial charge in [-0.15, -0.1) is 0 Å². The summed E-state index contributed by atoms with van der Waals surface area (Å²) >= 11 is 5.74. The topological polar surface area (TPSA) is 92.5 Å². The lowest BCUT2D eigenvalue weighted by atomic mass is 10.1. The number of hydrogen-bond donors (Lipinski definition) is 2. The molecule has 124 valence electrons. The maximum absolute atomic E-state index is 11.9. The zero-order chi connectivity index (χ0) is 17.5. The Morgan fingerprint density at radius 3 is 2.58 bits per heavy atom. The van der Waals surface area contributed by atoms with Crippen LogP contribution in [0.15, 0.2) is 48.5 Å². The van der Waals surface area contributed by atoms with Gasteiger partial charge in [0.25, 0.3) is 5.69 Å². The number of halogens is 1. The van der Waals surface area contributed by atoms with Crippen molar-refractivity contribution in [3.05, 3.63) is 74.8 Å². The minimum atomic E-state index is -0.576. The maximum atomic E-state index is 11.9. The quantitative estimate of drug-likeness (QED) is 0.476. The molecule has 0 atom stereocenters. The van der Waals surface area contributed by atoms with E-state index in [1.807, 2.05) is 12.1 Å². The van der Waals surface area contributed by atoms with Gasteiger partial charge in [-0.2, -0.15) is 0 Å². The van der Waals surface area contributed by atoms with E-state index in [9.17, 15) is 14.9 Å². The van der Waals surface area contributed by atoms with Gasteiger partial charge in [0.05, 0.1) is 4.92 Å². The number of nitro groups is 1. The van der Waals surface area contributed by atoms with Crippen LogP contribution in [0.1, 0.15) is 11.1 Å². The van der Waals surface area contributed by atoms with Crippen molar-refractivity contribution in [3.63, 3.8) is 0 Å². The van der Waals surface area contributed by atoms with E-state index in [0.717, 1.165) is 5.56 Å². The Morgan fingerprint density at radius 2 is 1.96 bits per heavy atom. The van der Waals surface area contributed by atoms with Gasteiger partial charge in [-0.1, -0.05) is 29.8 Å². The number of hydrogen-bond acceptors (Lipinski definition) is 4. The molecule has 6 nitrogen and oxygen atoms in total. The zero-order valence-corrected chi connectivity index (χ0v) is 13.4. The smallest absolute Gasteiger partial charge is 0.288 e. The number of amides is 1. The van der Waals surface area contributed by atoms with E-state index in [0.29, 0.717) is 17.7 Å². The van der Waals surface area contributed by atoms with Crippen molar-refractivity contribution in [1.29, 1.82) is 0 Å². The third kappa shape index (κ3) is 4.91. The molecule has 0 aliphatic heterocycles. The average molecular weight is 347 g/mol. The van der Waals surface area contributed by atoms with Gasteiger partial charge in [0.15, 0.2) is 0 Å². The van der Waals surface area contributed by atoms with E-state index in [-0.39, 0.29) is 23.2 Å². The van der Waals surface area contributed by atoms with E-state index in [1.54, 1.807) is 18.2 Å². The molecular formula is C17H15ClN2O4. The average Bonchev–Trinajstić information content (AvgIpc) is 2.56. The number of nitrogens with one attached hydrogen (secondary N) is 1. The second-order valence-electron chi connectivity index (χ2n) is 4.96. The molecule has 0 saturated carbocycles. The summed E-state index contributed by atoms with van der Waals surface area (Å²) in [6, 6.07) is 11.4. The molecule has 0 unspecified atom stereocenters. The Hall–Kier alpha value is -2.70. The first kappa shape index (κ1) is 17.7. The molecule has 2 rings (SSSR count). The lowest BCUT2D eigenvalue weighted by Crippen LogP contribution is -2.07. The number of rotatable bonds is 6. The number of aliphatic hydroxyl groups is 1. The predicted molar refractivity (Wildman–Crippen MR) is 93.0 cm³/mol. The summed E-state index contributed by atoms with van der Waals surface area (Å²) in [6.07, 6.45) is 3.32. The lowest BCUT2D eigenvalue weighted by Gasteiger charge is -2.04. The molecule has 0 aliphatic carbocycles. The van der Waals surface area contributed by atoms with Gasteiger partial charge >= 0.3 is 0 Å². The molecule has 24 heavy (non-hydrogen) atoms. The number of benzene rings is 2. The fourth-order valence-corrected chi connectivity index (χ4v) is 2.20. The Bertz CT molecular complexity index is 773. The molecule has 2 N–H and O–H groups in total. The van der Waals surface area contributed by atoms with Crippen molar-refractivity contribution in [2.75, 3.05) is 11.9 Å². The SMILES string of the molecule is O=C(C=Cc1ccc(Cl)c([N+](=O)[O-])c1)Nc1ccc(CCO)cc1. The fraction of sp³-hybridized carbons (Fsp3) is 0.118. The van der Waals surface area contributed by atoms with Crippen LogP contribution in [-0.4, -0.2) is 22.5 Å². The summed E-state index contributed by atoms with van der Waals surface area (Å²) in [5.41, 5.74) is 1.88. The molecule has 7 heteroatoms. The second-order valence-corrected chi connectivity index (χ2v) is 5.37. The molecule has 1 amide bonds. The van der Waals surface area contributed by atoms with Crippen LogP contribution in [0.4, 0.5) is 11.4 Å². The minimum absolute atomic E-state index is 0.0459. The highest BCUT2D eigenvalue weighted by Gasteiger charge is 2.11. The molecule has 0 radical (unpaired) electrons. The largest absolute Gasteiger partial charge is 0.396 e. The molecule has 0 aliphatic rings. The maximum Gasteiger partial charge on any atom is 0.288 e. The zero-order valence-electron chi connectivity index (χ0n) is 12.6. The van der Waals surface area contributed by atoms with Gasteiger partial charge in [-0.05, 0) is 41.8 Å². The van der Waals surface area contributed by atoms with Gasteiger partial charge in [-0.25, -0.2) is 0 Å². The van der Waals surface area contributed by atoms with Crippen molar-refractivity contribution >= 4 is 35.0 Å². The summed E-state index contributed by atoms with van der Waals surface area (Å²) in [5, 5.41) is 22.4. The summed E-state index contributed by atoms with van der Waals surface area (Å²) in [5.74, 6) is -0.359. The summed E-state index contributed by atoms with van der Waals surface area (Å²) in [6.45, 7) is 0.0711. The Kier molecular flexibility index (Phi) is 6.06. The molecule has 0 saturated heterocycles. The van der Waals surface area contributed by atoms with Gasteiger partial charge in [0.2, 0.25) is 5.91 Å². The van der Waals surface area contributed by atoms with E-state index < -0.39 is 4.92 Å². The van der Waals surface area contributed by atoms with Crippen molar-refractivity contribution in [2.45, 2.75) is 6.42 Å². The van der Waals surface area contributed by atoms with Crippen LogP contribution in [-0.2, 0) is 11.2 Å². The molecular weight excluding hydrogens is 332 g/mol. The van der Waals surface area contributed by atoms with Crippen LogP contribution in [0.5, 0.6) is 0 Å². The number of nitrogens with zero attached hydrogens (tertiary/aromatic N) is 1. The van der Waals surface area contributed by atoms with Crippen molar-refractivity contribution in [2.24, 2.45) is 0 Å². The van der Waals surface area contributed by atoms with Crippen LogP contribution in [0, 0.1) is 10.1 Å². The molecule has 2 aromatic rings. The highest BCUT2D eigenvalue weighted by Crippen LogP contribution is 2.25. The van der Waals surface area contributed by atoms with Gasteiger partial charge < -0.3 is 10.4 Å². The first-order valence-corrected chi connectivity index (χ1v) is 7.50. The Balaban J connectivity index is 2.02. The van der Waals surface area contributed by atoms with Crippen LogP contribution >= 0.6 is 11.6 Å². The lowest BCUT2D eigenvalue weighted by molar-refractivity contribution is -0.384. The predicted octanol–water partition coefficient (Wildman–Crippen LogP) is 3.43. The Labute approximate surface area is 143 Å². The Morgan fingerprint density at radius 1 is 1.25 bits per heavy atom. The number of carbonyl (C=O) groups is 1. The molecule has 0 heterocycles. The van der Waals surface area contributed by atoms with Crippen LogP contribution in [0.25, 0.3) is 6.08 Å². The molecule has 0 bridgehead atoms. The van der Waals surface area contributed by atoms with Gasteiger partial charge in [0.1, 0.15) is 5.02 Å². The van der Waals surface area contributed by atoms with Crippen LogP contribution in [0.2, 0.25) is 5.02 Å². The van der Waals surface area contributed by atoms with Crippen molar-refractivity contribution in [1.82, 2.24) is 0 Å². The third-order valence-corrected chi connectivity index (χ3v) is 3.54. The summed E-state index contributed by atoms with van der Waals surface area (Å²) in [7, 11) is 0. The number of aliphatic hydroxyl groups excluding tert-OH is 1. The number of carbonyl (C=O) groups excluding carboxylic acids is 1. The van der Waals surface area contributed by atoms with E-state index in [4.69, 9.17) is 16.7 Å². The highest BCUT2D eigenvalue weighted by atomic mass is 35.5. The first-order valence-electron chi connectivity index (χ1n) is 7.12. The second kappa shape index (κ2) is 8.24. The van der Waals surface area contributed by atoms with Gasteiger partial charge in [-0.3, -0.25) is 14.9 Å². The monoisotopic (exact) mass is 346 g/mol. The minimum Gasteiger partial charge on any atom is -0.396 e. The molecule has 0 fully saturated rings.